The zero-order chi connectivity index (χ0) is 17.1. The van der Waals surface area contributed by atoms with Crippen molar-refractivity contribution in [2.75, 3.05) is 0 Å². The molecule has 0 N–H and O–H groups in total. The lowest BCUT2D eigenvalue weighted by atomic mass is 9.71. The van der Waals surface area contributed by atoms with Crippen molar-refractivity contribution in [1.29, 1.82) is 0 Å². The third kappa shape index (κ3) is 3.66. The van der Waals surface area contributed by atoms with E-state index >= 15 is 0 Å². The predicted octanol–water partition coefficient (Wildman–Crippen LogP) is 6.87. The van der Waals surface area contributed by atoms with Crippen LogP contribution in [-0.2, 0) is 0 Å². The fourth-order valence-electron chi connectivity index (χ4n) is 4.62. The van der Waals surface area contributed by atoms with E-state index in [4.69, 9.17) is 0 Å². The van der Waals surface area contributed by atoms with Gasteiger partial charge in [0.2, 0.25) is 0 Å². The Bertz CT molecular complexity index is 617. The van der Waals surface area contributed by atoms with Crippen LogP contribution in [0.1, 0.15) is 68.1 Å². The number of rotatable bonds is 3. The highest BCUT2D eigenvalue weighted by molar-refractivity contribution is 5.36. The molecule has 0 saturated heterocycles. The Balaban J connectivity index is 1.64. The van der Waals surface area contributed by atoms with Gasteiger partial charge in [0.05, 0.1) is 0 Å². The number of benzene rings is 1. The molecule has 0 aliphatic heterocycles. The highest BCUT2D eigenvalue weighted by atomic mass is 19.1. The van der Waals surface area contributed by atoms with Crippen LogP contribution in [-0.4, -0.2) is 0 Å². The average molecular weight is 326 g/mol. The number of allylic oxidation sites excluding steroid dienone is 4. The SMILES string of the molecule is C/C=C/C1CCC(C2C=CC(c3ccc(C)c(C)c3F)CC2)CC1. The van der Waals surface area contributed by atoms with Gasteiger partial charge in [-0.3, -0.25) is 0 Å². The van der Waals surface area contributed by atoms with Gasteiger partial charge in [0.15, 0.2) is 0 Å². The molecule has 0 heterocycles. The molecule has 0 amide bonds. The number of hydrogen-bond donors (Lipinski definition) is 0. The fourth-order valence-corrected chi connectivity index (χ4v) is 4.62. The van der Waals surface area contributed by atoms with E-state index in [2.05, 4.69) is 37.3 Å². The molecule has 2 aliphatic carbocycles. The molecular weight excluding hydrogens is 295 g/mol. The summed E-state index contributed by atoms with van der Waals surface area (Å²) in [4.78, 5) is 0. The first-order chi connectivity index (χ1) is 11.6. The van der Waals surface area contributed by atoms with Crippen LogP contribution in [0, 0.1) is 37.4 Å². The van der Waals surface area contributed by atoms with Crippen LogP contribution in [0.5, 0.6) is 0 Å². The zero-order valence-electron chi connectivity index (χ0n) is 15.4. The highest BCUT2D eigenvalue weighted by Crippen LogP contribution is 2.41. The smallest absolute Gasteiger partial charge is 0.130 e. The van der Waals surface area contributed by atoms with Gasteiger partial charge in [-0.25, -0.2) is 4.39 Å². The fraction of sp³-hybridized carbons (Fsp3) is 0.565. The lowest BCUT2D eigenvalue weighted by molar-refractivity contribution is 0.236. The minimum absolute atomic E-state index is 0.00922. The van der Waals surface area contributed by atoms with E-state index in [1.54, 1.807) is 0 Å². The molecule has 0 radical (unpaired) electrons. The van der Waals surface area contributed by atoms with Gasteiger partial charge in [-0.2, -0.15) is 0 Å². The second-order valence-corrected chi connectivity index (χ2v) is 7.84. The van der Waals surface area contributed by atoms with Crippen molar-refractivity contribution in [3.05, 3.63) is 58.9 Å². The van der Waals surface area contributed by atoms with E-state index in [0.29, 0.717) is 5.92 Å². The van der Waals surface area contributed by atoms with Crippen molar-refractivity contribution in [2.24, 2.45) is 17.8 Å². The second kappa shape index (κ2) is 7.68. The van der Waals surface area contributed by atoms with E-state index in [9.17, 15) is 4.39 Å². The molecule has 1 aromatic rings. The molecule has 3 rings (SSSR count). The zero-order valence-corrected chi connectivity index (χ0v) is 15.4. The van der Waals surface area contributed by atoms with Crippen molar-refractivity contribution in [3.63, 3.8) is 0 Å². The standard InChI is InChI=1S/C23H31F/c1-4-5-18-7-9-19(10-8-18)20-11-13-21(14-12-20)22-15-6-16(2)17(3)23(22)24/h4-6,11,13,15,18-21H,7-10,12,14H2,1-3H3/b5-4+. The highest BCUT2D eigenvalue weighted by Gasteiger charge is 2.28. The van der Waals surface area contributed by atoms with Gasteiger partial charge in [-0.1, -0.05) is 36.4 Å². The van der Waals surface area contributed by atoms with Crippen LogP contribution in [0.2, 0.25) is 0 Å². The van der Waals surface area contributed by atoms with E-state index in [1.165, 1.54) is 32.1 Å². The topological polar surface area (TPSA) is 0 Å². The van der Waals surface area contributed by atoms with Gasteiger partial charge in [0, 0.05) is 5.92 Å². The van der Waals surface area contributed by atoms with Crippen molar-refractivity contribution < 1.29 is 4.39 Å². The van der Waals surface area contributed by atoms with E-state index in [0.717, 1.165) is 34.9 Å². The third-order valence-corrected chi connectivity index (χ3v) is 6.37. The summed E-state index contributed by atoms with van der Waals surface area (Å²) >= 11 is 0. The number of aryl methyl sites for hydroxylation is 1. The van der Waals surface area contributed by atoms with Crippen molar-refractivity contribution in [2.45, 2.75) is 65.2 Å². The molecule has 0 spiro atoms. The largest absolute Gasteiger partial charge is 0.206 e. The molecule has 1 heteroatoms. The number of halogens is 1. The van der Waals surface area contributed by atoms with Gasteiger partial charge >= 0.3 is 0 Å². The Labute approximate surface area is 146 Å². The lowest BCUT2D eigenvalue weighted by Crippen LogP contribution is -2.22. The van der Waals surface area contributed by atoms with Crippen LogP contribution < -0.4 is 0 Å². The Kier molecular flexibility index (Phi) is 5.58. The molecule has 2 aliphatic rings. The number of hydrogen-bond acceptors (Lipinski definition) is 0. The first-order valence-electron chi connectivity index (χ1n) is 9.67. The molecule has 0 aromatic heterocycles. The normalized spacial score (nSPS) is 30.8. The monoisotopic (exact) mass is 326 g/mol. The molecule has 1 aromatic carbocycles. The predicted molar refractivity (Wildman–Crippen MR) is 101 cm³/mol. The second-order valence-electron chi connectivity index (χ2n) is 7.84. The maximum atomic E-state index is 14.6. The summed E-state index contributed by atoms with van der Waals surface area (Å²) in [7, 11) is 0. The summed E-state index contributed by atoms with van der Waals surface area (Å²) in [5, 5.41) is 0. The maximum absolute atomic E-state index is 14.6. The molecule has 1 fully saturated rings. The van der Waals surface area contributed by atoms with Crippen LogP contribution >= 0.6 is 0 Å². The minimum atomic E-state index is 0.00922. The van der Waals surface area contributed by atoms with Crippen LogP contribution in [0.3, 0.4) is 0 Å². The third-order valence-electron chi connectivity index (χ3n) is 6.37. The van der Waals surface area contributed by atoms with E-state index in [1.807, 2.05) is 19.9 Å². The quantitative estimate of drug-likeness (QED) is 0.531. The summed E-state index contributed by atoms with van der Waals surface area (Å²) in [6, 6.07) is 4.06. The molecule has 0 nitrogen and oxygen atoms in total. The van der Waals surface area contributed by atoms with Crippen LogP contribution in [0.25, 0.3) is 0 Å². The molecule has 2 unspecified atom stereocenters. The molecular formula is C23H31F. The summed E-state index contributed by atoms with van der Waals surface area (Å²) in [6.07, 6.45) is 17.0. The summed E-state index contributed by atoms with van der Waals surface area (Å²) in [6.45, 7) is 6.01. The van der Waals surface area contributed by atoms with Crippen LogP contribution in [0.15, 0.2) is 36.4 Å². The Morgan fingerprint density at radius 3 is 2.33 bits per heavy atom. The molecule has 0 bridgehead atoms. The maximum Gasteiger partial charge on any atom is 0.130 e. The molecule has 24 heavy (non-hydrogen) atoms. The Hall–Kier alpha value is -1.37. The molecule has 1 saturated carbocycles. The first kappa shape index (κ1) is 17.5. The van der Waals surface area contributed by atoms with Crippen molar-refractivity contribution in [1.82, 2.24) is 0 Å². The van der Waals surface area contributed by atoms with Crippen molar-refractivity contribution in [3.8, 4) is 0 Å². The Morgan fingerprint density at radius 1 is 0.958 bits per heavy atom. The summed E-state index contributed by atoms with van der Waals surface area (Å²) in [5.74, 6) is 2.63. The first-order valence-corrected chi connectivity index (χ1v) is 9.67. The summed E-state index contributed by atoms with van der Waals surface area (Å²) in [5.41, 5.74) is 2.75. The van der Waals surface area contributed by atoms with Gasteiger partial charge in [0.25, 0.3) is 0 Å². The molecule has 130 valence electrons. The van der Waals surface area contributed by atoms with E-state index < -0.39 is 0 Å². The lowest BCUT2D eigenvalue weighted by Gasteiger charge is -2.34. The summed E-state index contributed by atoms with van der Waals surface area (Å²) < 4.78 is 14.6. The Morgan fingerprint density at radius 2 is 1.71 bits per heavy atom. The van der Waals surface area contributed by atoms with Gasteiger partial charge in [0.1, 0.15) is 5.82 Å². The average Bonchev–Trinajstić information content (AvgIpc) is 2.61. The van der Waals surface area contributed by atoms with Crippen LogP contribution in [0.4, 0.5) is 4.39 Å². The van der Waals surface area contributed by atoms with E-state index in [-0.39, 0.29) is 11.7 Å². The minimum Gasteiger partial charge on any atom is -0.206 e. The molecule has 2 atom stereocenters. The van der Waals surface area contributed by atoms with Gasteiger partial charge < -0.3 is 0 Å². The van der Waals surface area contributed by atoms with Gasteiger partial charge in [-0.05, 0) is 93.7 Å². The van der Waals surface area contributed by atoms with Gasteiger partial charge in [-0.15, -0.1) is 0 Å². The van der Waals surface area contributed by atoms with Crippen molar-refractivity contribution >= 4 is 0 Å².